The molecular weight excluding hydrogens is 329 g/mol. The molecule has 1 aliphatic heterocycles. The summed E-state index contributed by atoms with van der Waals surface area (Å²) < 4.78 is 18.9. The number of hydrogen-bond acceptors (Lipinski definition) is 5. The molecule has 2 heterocycles. The summed E-state index contributed by atoms with van der Waals surface area (Å²) in [7, 11) is 0. The lowest BCUT2D eigenvalue weighted by Gasteiger charge is -2.36. The Morgan fingerprint density at radius 1 is 1.16 bits per heavy atom. The van der Waals surface area contributed by atoms with Gasteiger partial charge in [-0.15, -0.1) is 0 Å². The first-order valence-electron chi connectivity index (χ1n) is 7.69. The summed E-state index contributed by atoms with van der Waals surface area (Å²) in [4.78, 5) is 32.6. The Morgan fingerprint density at radius 3 is 2.40 bits per heavy atom. The average molecular weight is 345 g/mol. The molecule has 130 valence electrons. The van der Waals surface area contributed by atoms with E-state index >= 15 is 0 Å². The van der Waals surface area contributed by atoms with Gasteiger partial charge in [-0.05, 0) is 24.6 Å². The minimum atomic E-state index is -1.21. The summed E-state index contributed by atoms with van der Waals surface area (Å²) in [5.74, 6) is -1.90. The molecule has 0 saturated carbocycles. The van der Waals surface area contributed by atoms with Crippen LogP contribution in [0.4, 0.5) is 4.39 Å². The molecule has 25 heavy (non-hydrogen) atoms. The van der Waals surface area contributed by atoms with Crippen molar-refractivity contribution in [2.24, 2.45) is 0 Å². The van der Waals surface area contributed by atoms with E-state index < -0.39 is 5.97 Å². The van der Waals surface area contributed by atoms with Gasteiger partial charge in [-0.1, -0.05) is 12.1 Å². The van der Waals surface area contributed by atoms with Crippen molar-refractivity contribution in [1.29, 1.82) is 0 Å². The van der Waals surface area contributed by atoms with Gasteiger partial charge in [-0.25, -0.2) is 19.2 Å². The third-order valence-corrected chi connectivity index (χ3v) is 3.88. The molecular formula is C17H16FN3O4. The van der Waals surface area contributed by atoms with Crippen LogP contribution in [0.15, 0.2) is 36.7 Å². The highest BCUT2D eigenvalue weighted by atomic mass is 19.1. The van der Waals surface area contributed by atoms with Crippen LogP contribution in [0.2, 0.25) is 0 Å². The standard InChI is InChI=1S/C17H16FN3O4/c1-10-8-21(9-15(25-10)11-2-4-12(18)5-3-11)16(22)13-6-20-14(7-19-13)17(23)24/h2-7,10,15H,8-9H2,1H3,(H,23,24). The van der Waals surface area contributed by atoms with Gasteiger partial charge in [0, 0.05) is 6.54 Å². The third kappa shape index (κ3) is 3.80. The van der Waals surface area contributed by atoms with Crippen molar-refractivity contribution in [3.05, 3.63) is 59.4 Å². The van der Waals surface area contributed by atoms with Crippen molar-refractivity contribution in [1.82, 2.24) is 14.9 Å². The number of benzene rings is 1. The van der Waals surface area contributed by atoms with Gasteiger partial charge in [0.2, 0.25) is 0 Å². The van der Waals surface area contributed by atoms with Gasteiger partial charge < -0.3 is 14.7 Å². The van der Waals surface area contributed by atoms with Gasteiger partial charge in [-0.2, -0.15) is 0 Å². The normalized spacial score (nSPS) is 20.3. The molecule has 1 aromatic heterocycles. The maximum Gasteiger partial charge on any atom is 0.356 e. The number of hydrogen-bond donors (Lipinski definition) is 1. The van der Waals surface area contributed by atoms with E-state index in [9.17, 15) is 14.0 Å². The molecule has 1 aliphatic rings. The summed E-state index contributed by atoms with van der Waals surface area (Å²) in [5, 5.41) is 8.84. The largest absolute Gasteiger partial charge is 0.476 e. The number of aromatic carboxylic acids is 1. The Bertz CT molecular complexity index is 779. The number of ether oxygens (including phenoxy) is 1. The molecule has 1 fully saturated rings. The van der Waals surface area contributed by atoms with E-state index in [0.29, 0.717) is 6.54 Å². The molecule has 1 aromatic carbocycles. The number of aromatic nitrogens is 2. The molecule has 1 amide bonds. The van der Waals surface area contributed by atoms with Crippen molar-refractivity contribution in [2.45, 2.75) is 19.1 Å². The fourth-order valence-corrected chi connectivity index (χ4v) is 2.69. The number of carboxylic acid groups (broad SMARTS) is 1. The van der Waals surface area contributed by atoms with Crippen LogP contribution in [-0.4, -0.2) is 51.0 Å². The van der Waals surface area contributed by atoms with E-state index in [-0.39, 0.29) is 41.9 Å². The SMILES string of the molecule is CC1CN(C(=O)c2cnc(C(=O)O)cn2)CC(c2ccc(F)cc2)O1. The van der Waals surface area contributed by atoms with E-state index in [2.05, 4.69) is 9.97 Å². The summed E-state index contributed by atoms with van der Waals surface area (Å²) in [5.41, 5.74) is 0.617. The van der Waals surface area contributed by atoms with Gasteiger partial charge in [0.15, 0.2) is 5.69 Å². The lowest BCUT2D eigenvalue weighted by molar-refractivity contribution is -0.0693. The van der Waals surface area contributed by atoms with E-state index in [4.69, 9.17) is 9.84 Å². The van der Waals surface area contributed by atoms with E-state index in [1.165, 1.54) is 12.1 Å². The number of halogens is 1. The van der Waals surface area contributed by atoms with Crippen molar-refractivity contribution >= 4 is 11.9 Å². The third-order valence-electron chi connectivity index (χ3n) is 3.88. The number of morpholine rings is 1. The highest BCUT2D eigenvalue weighted by Crippen LogP contribution is 2.26. The van der Waals surface area contributed by atoms with Gasteiger partial charge in [-0.3, -0.25) is 4.79 Å². The number of rotatable bonds is 3. The minimum absolute atomic E-state index is 0.0666. The van der Waals surface area contributed by atoms with Crippen molar-refractivity contribution in [3.8, 4) is 0 Å². The maximum absolute atomic E-state index is 13.1. The van der Waals surface area contributed by atoms with Gasteiger partial charge in [0.1, 0.15) is 17.6 Å². The fourth-order valence-electron chi connectivity index (χ4n) is 2.69. The van der Waals surface area contributed by atoms with Crippen LogP contribution in [0.5, 0.6) is 0 Å². The van der Waals surface area contributed by atoms with Crippen LogP contribution in [-0.2, 0) is 4.74 Å². The number of carbonyl (C=O) groups excluding carboxylic acids is 1. The zero-order chi connectivity index (χ0) is 18.0. The molecule has 0 spiro atoms. The maximum atomic E-state index is 13.1. The monoisotopic (exact) mass is 345 g/mol. The molecule has 8 heteroatoms. The number of amides is 1. The first-order valence-corrected chi connectivity index (χ1v) is 7.69. The quantitative estimate of drug-likeness (QED) is 0.913. The average Bonchev–Trinajstić information content (AvgIpc) is 2.61. The molecule has 3 rings (SSSR count). The Kier molecular flexibility index (Phi) is 4.71. The van der Waals surface area contributed by atoms with Crippen LogP contribution in [0.1, 0.15) is 39.6 Å². The van der Waals surface area contributed by atoms with E-state index in [1.807, 2.05) is 6.92 Å². The van der Waals surface area contributed by atoms with Crippen LogP contribution in [0.25, 0.3) is 0 Å². The second kappa shape index (κ2) is 6.94. The second-order valence-corrected chi connectivity index (χ2v) is 5.79. The van der Waals surface area contributed by atoms with Gasteiger partial charge >= 0.3 is 5.97 Å². The van der Waals surface area contributed by atoms with Crippen molar-refractivity contribution < 1.29 is 23.8 Å². The molecule has 1 N–H and O–H groups in total. The first-order chi connectivity index (χ1) is 11.9. The Labute approximate surface area is 143 Å². The molecule has 7 nitrogen and oxygen atoms in total. The first kappa shape index (κ1) is 17.0. The molecule has 0 radical (unpaired) electrons. The van der Waals surface area contributed by atoms with Crippen molar-refractivity contribution in [3.63, 3.8) is 0 Å². The highest BCUT2D eigenvalue weighted by Gasteiger charge is 2.30. The summed E-state index contributed by atoms with van der Waals surface area (Å²) in [6.45, 7) is 2.51. The summed E-state index contributed by atoms with van der Waals surface area (Å²) >= 11 is 0. The zero-order valence-electron chi connectivity index (χ0n) is 13.4. The molecule has 0 aliphatic carbocycles. The smallest absolute Gasteiger partial charge is 0.356 e. The number of carboxylic acids is 1. The minimum Gasteiger partial charge on any atom is -0.476 e. The predicted molar refractivity (Wildman–Crippen MR) is 84.6 cm³/mol. The Morgan fingerprint density at radius 2 is 1.80 bits per heavy atom. The topological polar surface area (TPSA) is 92.6 Å². The van der Waals surface area contributed by atoms with Gasteiger partial charge in [0.25, 0.3) is 5.91 Å². The highest BCUT2D eigenvalue weighted by molar-refractivity contribution is 5.92. The molecule has 2 atom stereocenters. The molecule has 2 aromatic rings. The lowest BCUT2D eigenvalue weighted by atomic mass is 10.1. The van der Waals surface area contributed by atoms with Gasteiger partial charge in [0.05, 0.1) is 25.0 Å². The van der Waals surface area contributed by atoms with Crippen LogP contribution >= 0.6 is 0 Å². The second-order valence-electron chi connectivity index (χ2n) is 5.79. The summed E-state index contributed by atoms with van der Waals surface area (Å²) in [6, 6.07) is 5.95. The fraction of sp³-hybridized carbons (Fsp3) is 0.294. The summed E-state index contributed by atoms with van der Waals surface area (Å²) in [6.07, 6.45) is 1.62. The number of carbonyl (C=O) groups is 2. The van der Waals surface area contributed by atoms with Crippen LogP contribution < -0.4 is 0 Å². The Balaban J connectivity index is 1.77. The predicted octanol–water partition coefficient (Wildman–Crippen LogP) is 1.92. The molecule has 2 unspecified atom stereocenters. The van der Waals surface area contributed by atoms with Crippen molar-refractivity contribution in [2.75, 3.05) is 13.1 Å². The van der Waals surface area contributed by atoms with E-state index in [0.717, 1.165) is 18.0 Å². The lowest BCUT2D eigenvalue weighted by Crippen LogP contribution is -2.46. The number of nitrogens with zero attached hydrogens (tertiary/aromatic N) is 3. The van der Waals surface area contributed by atoms with E-state index in [1.54, 1.807) is 17.0 Å². The zero-order valence-corrected chi connectivity index (χ0v) is 13.4. The van der Waals surface area contributed by atoms with Crippen LogP contribution in [0.3, 0.4) is 0 Å². The molecule has 0 bridgehead atoms. The molecule has 1 saturated heterocycles. The van der Waals surface area contributed by atoms with Crippen LogP contribution in [0, 0.1) is 5.82 Å². The Hall–Kier alpha value is -2.87.